The van der Waals surface area contributed by atoms with Crippen molar-refractivity contribution < 1.29 is 0 Å². The van der Waals surface area contributed by atoms with Crippen LogP contribution in [0.5, 0.6) is 0 Å². The first-order valence-corrected chi connectivity index (χ1v) is 5.83. The van der Waals surface area contributed by atoms with Crippen LogP contribution in [0.25, 0.3) is 11.0 Å². The van der Waals surface area contributed by atoms with E-state index < -0.39 is 0 Å². The molecule has 0 saturated carbocycles. The predicted octanol–water partition coefficient (Wildman–Crippen LogP) is 3.35. The first kappa shape index (κ1) is 10.9. The Morgan fingerprint density at radius 3 is 2.88 bits per heavy atom. The quantitative estimate of drug-likeness (QED) is 0.732. The molecule has 0 amide bonds. The molecule has 0 spiro atoms. The van der Waals surface area contributed by atoms with Crippen LogP contribution in [0.1, 0.15) is 32.7 Å². The van der Waals surface area contributed by atoms with Crippen LogP contribution in [0.4, 0.5) is 0 Å². The summed E-state index contributed by atoms with van der Waals surface area (Å²) in [5.41, 5.74) is 2.07. The lowest BCUT2D eigenvalue weighted by Gasteiger charge is -2.10. The largest absolute Gasteiger partial charge is 0.238 e. The minimum atomic E-state index is 0.312. The van der Waals surface area contributed by atoms with E-state index in [4.69, 9.17) is 0 Å². The maximum absolute atomic E-state index is 4.23. The van der Waals surface area contributed by atoms with E-state index >= 15 is 0 Å². The molecule has 2 aromatic rings. The number of rotatable bonds is 4. The van der Waals surface area contributed by atoms with Gasteiger partial charge in [-0.1, -0.05) is 43.3 Å². The maximum atomic E-state index is 4.23. The predicted molar refractivity (Wildman–Crippen MR) is 66.3 cm³/mol. The molecule has 84 valence electrons. The Balaban J connectivity index is 2.41. The molecule has 0 aliphatic heterocycles. The van der Waals surface area contributed by atoms with Gasteiger partial charge in [0.2, 0.25) is 0 Å². The Morgan fingerprint density at radius 2 is 2.12 bits per heavy atom. The van der Waals surface area contributed by atoms with Crippen LogP contribution in [0.15, 0.2) is 36.4 Å². The van der Waals surface area contributed by atoms with Crippen LogP contribution in [-0.2, 0) is 0 Å². The van der Waals surface area contributed by atoms with Crippen LogP contribution < -0.4 is 0 Å². The van der Waals surface area contributed by atoms with Gasteiger partial charge < -0.3 is 0 Å². The van der Waals surface area contributed by atoms with Gasteiger partial charge in [-0.3, -0.25) is 0 Å². The summed E-state index contributed by atoms with van der Waals surface area (Å²) in [6, 6.07) is 8.39. The number of hydrogen-bond donors (Lipinski definition) is 0. The average molecular weight is 215 g/mol. The third kappa shape index (κ3) is 1.98. The molecule has 0 bridgehead atoms. The summed E-state index contributed by atoms with van der Waals surface area (Å²) in [7, 11) is 0. The number of para-hydroxylation sites is 1. The minimum absolute atomic E-state index is 0.312. The van der Waals surface area contributed by atoms with Gasteiger partial charge in [-0.2, -0.15) is 0 Å². The fourth-order valence-corrected chi connectivity index (χ4v) is 1.82. The van der Waals surface area contributed by atoms with Crippen molar-refractivity contribution >= 4 is 11.0 Å². The van der Waals surface area contributed by atoms with Crippen molar-refractivity contribution in [2.45, 2.75) is 32.7 Å². The van der Waals surface area contributed by atoms with Crippen molar-refractivity contribution in [1.82, 2.24) is 15.0 Å². The van der Waals surface area contributed by atoms with Crippen LogP contribution >= 0.6 is 0 Å². The molecule has 3 heteroatoms. The van der Waals surface area contributed by atoms with E-state index in [0.29, 0.717) is 6.04 Å². The summed E-state index contributed by atoms with van der Waals surface area (Å²) in [4.78, 5) is 0. The molecule has 1 aromatic carbocycles. The average Bonchev–Trinajstić information content (AvgIpc) is 2.75. The zero-order valence-electron chi connectivity index (χ0n) is 9.80. The van der Waals surface area contributed by atoms with E-state index in [1.54, 1.807) is 0 Å². The zero-order chi connectivity index (χ0) is 11.4. The van der Waals surface area contributed by atoms with Crippen molar-refractivity contribution in [2.75, 3.05) is 0 Å². The van der Waals surface area contributed by atoms with Crippen LogP contribution in [-0.4, -0.2) is 15.0 Å². The molecule has 1 atom stereocenters. The Morgan fingerprint density at radius 1 is 1.31 bits per heavy atom. The lowest BCUT2D eigenvalue weighted by atomic mass is 10.2. The van der Waals surface area contributed by atoms with E-state index in [1.807, 2.05) is 22.9 Å². The van der Waals surface area contributed by atoms with Gasteiger partial charge in [-0.05, 0) is 25.0 Å². The van der Waals surface area contributed by atoms with Crippen molar-refractivity contribution in [2.24, 2.45) is 0 Å². The number of hydrogen-bond acceptors (Lipinski definition) is 2. The van der Waals surface area contributed by atoms with Crippen molar-refractivity contribution in [1.29, 1.82) is 0 Å². The molecule has 0 aliphatic rings. The highest BCUT2D eigenvalue weighted by atomic mass is 15.4. The monoisotopic (exact) mass is 215 g/mol. The highest BCUT2D eigenvalue weighted by Gasteiger charge is 2.10. The lowest BCUT2D eigenvalue weighted by Crippen LogP contribution is -2.07. The summed E-state index contributed by atoms with van der Waals surface area (Å²) < 4.78 is 2.00. The van der Waals surface area contributed by atoms with E-state index in [1.165, 1.54) is 0 Å². The number of fused-ring (bicyclic) bond motifs is 1. The highest BCUT2D eigenvalue weighted by molar-refractivity contribution is 5.74. The molecule has 0 N–H and O–H groups in total. The summed E-state index contributed by atoms with van der Waals surface area (Å²) in [5, 5.41) is 8.41. The topological polar surface area (TPSA) is 30.7 Å². The molecular weight excluding hydrogens is 198 g/mol. The highest BCUT2D eigenvalue weighted by Crippen LogP contribution is 2.18. The maximum Gasteiger partial charge on any atom is 0.113 e. The number of allylic oxidation sites excluding steroid dienone is 2. The summed E-state index contributed by atoms with van der Waals surface area (Å²) in [6.07, 6.45) is 6.48. The second kappa shape index (κ2) is 4.92. The summed E-state index contributed by atoms with van der Waals surface area (Å²) in [5.74, 6) is 0. The molecule has 16 heavy (non-hydrogen) atoms. The van der Waals surface area contributed by atoms with Gasteiger partial charge in [0.25, 0.3) is 0 Å². The normalized spacial score (nSPS) is 13.6. The molecular formula is C13H17N3. The van der Waals surface area contributed by atoms with Crippen LogP contribution in [0.3, 0.4) is 0 Å². The molecule has 1 heterocycles. The lowest BCUT2D eigenvalue weighted by molar-refractivity contribution is 0.521. The van der Waals surface area contributed by atoms with Gasteiger partial charge in [0.15, 0.2) is 0 Å². The van der Waals surface area contributed by atoms with Gasteiger partial charge in [-0.15, -0.1) is 5.10 Å². The van der Waals surface area contributed by atoms with Gasteiger partial charge in [0.05, 0.1) is 11.6 Å². The fourth-order valence-electron chi connectivity index (χ4n) is 1.82. The minimum Gasteiger partial charge on any atom is -0.238 e. The summed E-state index contributed by atoms with van der Waals surface area (Å²) >= 11 is 0. The number of aromatic nitrogens is 3. The van der Waals surface area contributed by atoms with E-state index in [-0.39, 0.29) is 0 Å². The number of nitrogens with zero attached hydrogens (tertiary/aromatic N) is 3. The third-order valence-corrected chi connectivity index (χ3v) is 2.70. The Labute approximate surface area is 95.8 Å². The van der Waals surface area contributed by atoms with Gasteiger partial charge >= 0.3 is 0 Å². The molecule has 2 rings (SSSR count). The molecule has 3 nitrogen and oxygen atoms in total. The van der Waals surface area contributed by atoms with Crippen molar-refractivity contribution in [3.8, 4) is 0 Å². The second-order valence-electron chi connectivity index (χ2n) is 3.83. The molecule has 0 saturated heterocycles. The third-order valence-electron chi connectivity index (χ3n) is 2.70. The molecule has 1 aromatic heterocycles. The first-order chi connectivity index (χ1) is 7.86. The SMILES string of the molecule is CC/C=C/C(CC)n1nnc2ccccc21. The molecule has 0 fully saturated rings. The van der Waals surface area contributed by atoms with Crippen LogP contribution in [0, 0.1) is 0 Å². The van der Waals surface area contributed by atoms with Gasteiger partial charge in [0, 0.05) is 0 Å². The molecule has 1 unspecified atom stereocenters. The van der Waals surface area contributed by atoms with E-state index in [9.17, 15) is 0 Å². The standard InChI is InChI=1S/C13H17N3/c1-3-5-8-11(4-2)16-13-10-7-6-9-12(13)14-15-16/h5-11H,3-4H2,1-2H3/b8-5+. The van der Waals surface area contributed by atoms with Gasteiger partial charge in [0.1, 0.15) is 5.52 Å². The van der Waals surface area contributed by atoms with Crippen molar-refractivity contribution in [3.63, 3.8) is 0 Å². The van der Waals surface area contributed by atoms with Crippen molar-refractivity contribution in [3.05, 3.63) is 36.4 Å². The smallest absolute Gasteiger partial charge is 0.113 e. The van der Waals surface area contributed by atoms with E-state index in [0.717, 1.165) is 23.9 Å². The summed E-state index contributed by atoms with van der Waals surface area (Å²) in [6.45, 7) is 4.31. The first-order valence-electron chi connectivity index (χ1n) is 5.83. The van der Waals surface area contributed by atoms with E-state index in [2.05, 4.69) is 42.4 Å². The zero-order valence-corrected chi connectivity index (χ0v) is 9.80. The fraction of sp³-hybridized carbons (Fsp3) is 0.385. The van der Waals surface area contributed by atoms with Gasteiger partial charge in [-0.25, -0.2) is 4.68 Å². The Bertz CT molecular complexity index is 485. The molecule has 0 aliphatic carbocycles. The Kier molecular flexibility index (Phi) is 3.34. The van der Waals surface area contributed by atoms with Crippen LogP contribution in [0.2, 0.25) is 0 Å². The molecule has 0 radical (unpaired) electrons. The second-order valence-corrected chi connectivity index (χ2v) is 3.83. The Hall–Kier alpha value is -1.64. The number of benzene rings is 1.